The number of aromatic nitrogens is 2. The van der Waals surface area contributed by atoms with E-state index in [1.54, 1.807) is 0 Å². The summed E-state index contributed by atoms with van der Waals surface area (Å²) in [4.78, 5) is 7.40. The number of H-pyrrole nitrogens is 1. The molecule has 2 nitrogen and oxygen atoms in total. The first-order chi connectivity index (χ1) is 4.86. The van der Waals surface area contributed by atoms with Crippen LogP contribution in [0.25, 0.3) is 11.0 Å². The standard InChI is InChI=1S/C8H8N2.Ag/c1-6-9-7-4-2-3-5-8(7)10-6;/h2-5H,1H3,(H,9,10);/q;+1. The fourth-order valence-corrected chi connectivity index (χ4v) is 1.08. The van der Waals surface area contributed by atoms with Crippen LogP contribution < -0.4 is 0 Å². The van der Waals surface area contributed by atoms with Gasteiger partial charge in [0.2, 0.25) is 0 Å². The molecule has 2 rings (SSSR count). The van der Waals surface area contributed by atoms with Crippen LogP contribution in [0.2, 0.25) is 0 Å². The molecule has 0 bridgehead atoms. The van der Waals surface area contributed by atoms with Crippen LogP contribution in [0, 0.1) is 6.92 Å². The number of aryl methyl sites for hydroxylation is 1. The van der Waals surface area contributed by atoms with E-state index in [1.165, 1.54) is 0 Å². The number of imidazole rings is 1. The molecule has 0 aliphatic carbocycles. The van der Waals surface area contributed by atoms with Crippen molar-refractivity contribution in [2.45, 2.75) is 6.92 Å². The zero-order chi connectivity index (χ0) is 6.97. The molecule has 0 aliphatic heterocycles. The molecule has 0 atom stereocenters. The monoisotopic (exact) mass is 239 g/mol. The molecule has 0 saturated heterocycles. The van der Waals surface area contributed by atoms with Gasteiger partial charge in [-0.05, 0) is 19.1 Å². The van der Waals surface area contributed by atoms with E-state index in [-0.39, 0.29) is 22.4 Å². The SMILES string of the molecule is Cc1nc2ccccc2[nH]1.[Ag+]. The Kier molecular flexibility index (Phi) is 2.49. The van der Waals surface area contributed by atoms with Crippen molar-refractivity contribution in [2.24, 2.45) is 0 Å². The summed E-state index contributed by atoms with van der Waals surface area (Å²) < 4.78 is 0. The maximum absolute atomic E-state index is 4.26. The number of hydrogen-bond acceptors (Lipinski definition) is 1. The van der Waals surface area contributed by atoms with E-state index in [0.717, 1.165) is 16.9 Å². The fraction of sp³-hybridized carbons (Fsp3) is 0.125. The zero-order valence-electron chi connectivity index (χ0n) is 6.06. The Labute approximate surface area is 80.5 Å². The molecule has 11 heavy (non-hydrogen) atoms. The predicted octanol–water partition coefficient (Wildman–Crippen LogP) is 1.87. The van der Waals surface area contributed by atoms with E-state index in [2.05, 4.69) is 9.97 Å². The van der Waals surface area contributed by atoms with Crippen LogP contribution in [0.4, 0.5) is 0 Å². The molecule has 0 spiro atoms. The van der Waals surface area contributed by atoms with Gasteiger partial charge < -0.3 is 4.98 Å². The largest absolute Gasteiger partial charge is 1.00 e. The number of benzene rings is 1. The van der Waals surface area contributed by atoms with Crippen molar-refractivity contribution in [3.63, 3.8) is 0 Å². The van der Waals surface area contributed by atoms with Crippen molar-refractivity contribution in [1.29, 1.82) is 0 Å². The smallest absolute Gasteiger partial charge is 0.342 e. The van der Waals surface area contributed by atoms with Crippen molar-refractivity contribution >= 4 is 11.0 Å². The molecule has 1 aromatic heterocycles. The minimum absolute atomic E-state index is 0. The van der Waals surface area contributed by atoms with Gasteiger partial charge >= 0.3 is 22.4 Å². The van der Waals surface area contributed by atoms with Gasteiger partial charge in [-0.15, -0.1) is 0 Å². The number of fused-ring (bicyclic) bond motifs is 1. The Morgan fingerprint density at radius 2 is 2.00 bits per heavy atom. The van der Waals surface area contributed by atoms with E-state index < -0.39 is 0 Å². The number of nitrogens with zero attached hydrogens (tertiary/aromatic N) is 1. The second-order valence-electron chi connectivity index (χ2n) is 2.34. The van der Waals surface area contributed by atoms with Gasteiger partial charge in [-0.1, -0.05) is 12.1 Å². The number of rotatable bonds is 0. The third-order valence-corrected chi connectivity index (χ3v) is 1.51. The van der Waals surface area contributed by atoms with Gasteiger partial charge in [0.1, 0.15) is 5.82 Å². The third-order valence-electron chi connectivity index (χ3n) is 1.51. The molecule has 0 fully saturated rings. The van der Waals surface area contributed by atoms with Crippen molar-refractivity contribution in [1.82, 2.24) is 9.97 Å². The second-order valence-corrected chi connectivity index (χ2v) is 2.34. The molecule has 0 saturated carbocycles. The predicted molar refractivity (Wildman–Crippen MR) is 40.8 cm³/mol. The van der Waals surface area contributed by atoms with Crippen molar-refractivity contribution in [3.8, 4) is 0 Å². The van der Waals surface area contributed by atoms with E-state index in [4.69, 9.17) is 0 Å². The molecule has 0 aliphatic rings. The minimum Gasteiger partial charge on any atom is -0.342 e. The Balaban J connectivity index is 0.000000605. The molecule has 1 aromatic carbocycles. The normalized spacial score (nSPS) is 9.55. The molecule has 60 valence electrons. The molecule has 3 heteroatoms. The van der Waals surface area contributed by atoms with Crippen LogP contribution in [-0.2, 0) is 22.4 Å². The van der Waals surface area contributed by atoms with Gasteiger partial charge in [-0.2, -0.15) is 0 Å². The van der Waals surface area contributed by atoms with Gasteiger partial charge in [-0.3, -0.25) is 0 Å². The molecule has 2 aromatic rings. The van der Waals surface area contributed by atoms with Crippen LogP contribution in [0.15, 0.2) is 24.3 Å². The van der Waals surface area contributed by atoms with Gasteiger partial charge in [0.05, 0.1) is 11.0 Å². The number of para-hydroxylation sites is 2. The molecular weight excluding hydrogens is 232 g/mol. The van der Waals surface area contributed by atoms with E-state index in [9.17, 15) is 0 Å². The molecule has 0 unspecified atom stereocenters. The van der Waals surface area contributed by atoms with Crippen LogP contribution in [0.5, 0.6) is 0 Å². The summed E-state index contributed by atoms with van der Waals surface area (Å²) in [6.07, 6.45) is 0. The average molecular weight is 240 g/mol. The summed E-state index contributed by atoms with van der Waals surface area (Å²) in [6, 6.07) is 8.01. The minimum atomic E-state index is 0. The fourth-order valence-electron chi connectivity index (χ4n) is 1.08. The molecule has 1 N–H and O–H groups in total. The summed E-state index contributed by atoms with van der Waals surface area (Å²) in [6.45, 7) is 1.96. The number of aromatic amines is 1. The van der Waals surface area contributed by atoms with Gasteiger partial charge in [-0.25, -0.2) is 4.98 Å². The van der Waals surface area contributed by atoms with Gasteiger partial charge in [0.25, 0.3) is 0 Å². The maximum atomic E-state index is 4.26. The van der Waals surface area contributed by atoms with Crippen LogP contribution >= 0.6 is 0 Å². The zero-order valence-corrected chi connectivity index (χ0v) is 7.54. The van der Waals surface area contributed by atoms with Gasteiger partial charge in [0, 0.05) is 0 Å². The second kappa shape index (κ2) is 3.22. The quantitative estimate of drug-likeness (QED) is 0.699. The van der Waals surface area contributed by atoms with E-state index in [0.29, 0.717) is 0 Å². The van der Waals surface area contributed by atoms with Gasteiger partial charge in [0.15, 0.2) is 0 Å². The first-order valence-electron chi connectivity index (χ1n) is 3.27. The molecule has 0 radical (unpaired) electrons. The summed E-state index contributed by atoms with van der Waals surface area (Å²) >= 11 is 0. The topological polar surface area (TPSA) is 28.7 Å². The van der Waals surface area contributed by atoms with Crippen LogP contribution in [0.3, 0.4) is 0 Å². The first kappa shape index (κ1) is 8.53. The molecule has 0 amide bonds. The summed E-state index contributed by atoms with van der Waals surface area (Å²) in [5.74, 6) is 0.973. The van der Waals surface area contributed by atoms with Crippen molar-refractivity contribution in [3.05, 3.63) is 30.1 Å². The van der Waals surface area contributed by atoms with Crippen LogP contribution in [-0.4, -0.2) is 9.97 Å². The Morgan fingerprint density at radius 1 is 1.27 bits per heavy atom. The third kappa shape index (κ3) is 1.53. The number of hydrogen-bond donors (Lipinski definition) is 1. The molecular formula is C8H8AgN2+. The molecule has 1 heterocycles. The Morgan fingerprint density at radius 3 is 2.73 bits per heavy atom. The maximum Gasteiger partial charge on any atom is 1.00 e. The van der Waals surface area contributed by atoms with Crippen molar-refractivity contribution < 1.29 is 22.4 Å². The Hall–Kier alpha value is -0.570. The number of nitrogens with one attached hydrogen (secondary N) is 1. The first-order valence-corrected chi connectivity index (χ1v) is 3.27. The summed E-state index contributed by atoms with van der Waals surface area (Å²) in [5, 5.41) is 0. The van der Waals surface area contributed by atoms with Crippen molar-refractivity contribution in [2.75, 3.05) is 0 Å². The van der Waals surface area contributed by atoms with Crippen LogP contribution in [0.1, 0.15) is 5.82 Å². The average Bonchev–Trinajstić information content (AvgIpc) is 2.27. The summed E-state index contributed by atoms with van der Waals surface area (Å²) in [5.41, 5.74) is 2.15. The summed E-state index contributed by atoms with van der Waals surface area (Å²) in [7, 11) is 0. The Bertz CT molecular complexity index is 321. The van der Waals surface area contributed by atoms with E-state index >= 15 is 0 Å². The van der Waals surface area contributed by atoms with E-state index in [1.807, 2.05) is 31.2 Å².